The van der Waals surface area contributed by atoms with Crippen molar-refractivity contribution in [1.29, 1.82) is 0 Å². The maximum absolute atomic E-state index is 13.3. The van der Waals surface area contributed by atoms with E-state index in [1.54, 1.807) is 24.3 Å². The molecule has 3 nitrogen and oxygen atoms in total. The summed E-state index contributed by atoms with van der Waals surface area (Å²) >= 11 is 3.03. The highest BCUT2D eigenvalue weighted by Gasteiger charge is 2.08. The molecule has 0 aliphatic rings. The zero-order valence-electron chi connectivity index (χ0n) is 9.86. The van der Waals surface area contributed by atoms with Crippen molar-refractivity contribution in [1.82, 2.24) is 0 Å². The molecule has 0 aromatic heterocycles. The van der Waals surface area contributed by atoms with Crippen molar-refractivity contribution in [2.24, 2.45) is 0 Å². The summed E-state index contributed by atoms with van der Waals surface area (Å²) in [6.45, 7) is -0.0495. The smallest absolute Gasteiger partial charge is 0.255 e. The number of aliphatic hydroxyl groups excluding tert-OH is 1. The Labute approximate surface area is 118 Å². The molecule has 2 N–H and O–H groups in total. The van der Waals surface area contributed by atoms with Crippen molar-refractivity contribution in [2.45, 2.75) is 6.61 Å². The van der Waals surface area contributed by atoms with Crippen molar-refractivity contribution in [3.8, 4) is 0 Å². The summed E-state index contributed by atoms with van der Waals surface area (Å²) in [6.07, 6.45) is 0. The van der Waals surface area contributed by atoms with Gasteiger partial charge in [-0.25, -0.2) is 4.39 Å². The highest BCUT2D eigenvalue weighted by Crippen LogP contribution is 2.17. The van der Waals surface area contributed by atoms with Crippen LogP contribution in [0.4, 0.5) is 10.1 Å². The first-order chi connectivity index (χ1) is 9.10. The molecule has 0 aliphatic heterocycles. The van der Waals surface area contributed by atoms with Gasteiger partial charge in [-0.2, -0.15) is 0 Å². The molecule has 0 aliphatic carbocycles. The number of carbonyl (C=O) groups is 1. The Hall–Kier alpha value is -1.72. The molecule has 2 rings (SSSR count). The molecule has 98 valence electrons. The molecule has 0 heterocycles. The lowest BCUT2D eigenvalue weighted by atomic mass is 10.2. The third-order valence-corrected chi connectivity index (χ3v) is 3.22. The van der Waals surface area contributed by atoms with Crippen molar-refractivity contribution >= 4 is 27.5 Å². The molecule has 0 unspecified atom stereocenters. The highest BCUT2D eigenvalue weighted by molar-refractivity contribution is 9.10. The van der Waals surface area contributed by atoms with Crippen LogP contribution in [0.2, 0.25) is 0 Å². The van der Waals surface area contributed by atoms with Gasteiger partial charge in [0.25, 0.3) is 5.91 Å². The lowest BCUT2D eigenvalue weighted by Crippen LogP contribution is -2.12. The first-order valence-corrected chi connectivity index (χ1v) is 6.35. The van der Waals surface area contributed by atoms with Gasteiger partial charge in [-0.15, -0.1) is 0 Å². The second-order valence-electron chi connectivity index (χ2n) is 3.94. The van der Waals surface area contributed by atoms with Crippen LogP contribution in [0, 0.1) is 5.82 Å². The Morgan fingerprint density at radius 2 is 1.89 bits per heavy atom. The van der Waals surface area contributed by atoms with Gasteiger partial charge in [-0.1, -0.05) is 12.1 Å². The maximum Gasteiger partial charge on any atom is 0.255 e. The van der Waals surface area contributed by atoms with E-state index < -0.39 is 5.82 Å². The molecule has 19 heavy (non-hydrogen) atoms. The molecule has 0 saturated carbocycles. The van der Waals surface area contributed by atoms with Crippen LogP contribution in [0.25, 0.3) is 0 Å². The first-order valence-electron chi connectivity index (χ1n) is 5.56. The van der Waals surface area contributed by atoms with E-state index in [0.717, 1.165) is 5.56 Å². The van der Waals surface area contributed by atoms with Crippen LogP contribution < -0.4 is 5.32 Å². The molecular weight excluding hydrogens is 313 g/mol. The molecule has 0 radical (unpaired) electrons. The van der Waals surface area contributed by atoms with E-state index in [0.29, 0.717) is 10.2 Å². The second kappa shape index (κ2) is 5.95. The minimum absolute atomic E-state index is 0.0495. The van der Waals surface area contributed by atoms with Crippen LogP contribution in [0.5, 0.6) is 0 Å². The average molecular weight is 324 g/mol. The van der Waals surface area contributed by atoms with Crippen LogP contribution >= 0.6 is 15.9 Å². The fraction of sp³-hybridized carbons (Fsp3) is 0.0714. The number of halogens is 2. The number of rotatable bonds is 3. The topological polar surface area (TPSA) is 49.3 Å². The molecule has 5 heteroatoms. The van der Waals surface area contributed by atoms with E-state index in [9.17, 15) is 9.18 Å². The average Bonchev–Trinajstić information content (AvgIpc) is 2.42. The summed E-state index contributed by atoms with van der Waals surface area (Å²) < 4.78 is 13.6. The van der Waals surface area contributed by atoms with Gasteiger partial charge in [-0.3, -0.25) is 4.79 Å². The van der Waals surface area contributed by atoms with Gasteiger partial charge in [0.05, 0.1) is 11.1 Å². The summed E-state index contributed by atoms with van der Waals surface area (Å²) in [5.41, 5.74) is 1.59. The Bertz CT molecular complexity index is 599. The fourth-order valence-electron chi connectivity index (χ4n) is 1.53. The van der Waals surface area contributed by atoms with Gasteiger partial charge < -0.3 is 10.4 Å². The Balaban J connectivity index is 2.13. The largest absolute Gasteiger partial charge is 0.392 e. The Kier molecular flexibility index (Phi) is 4.29. The van der Waals surface area contributed by atoms with Gasteiger partial charge in [0.2, 0.25) is 0 Å². The SMILES string of the molecule is O=C(Nc1ccc(CO)cc1)c1ccc(Br)c(F)c1. The quantitative estimate of drug-likeness (QED) is 0.910. The Morgan fingerprint density at radius 3 is 2.47 bits per heavy atom. The third kappa shape index (κ3) is 3.39. The minimum Gasteiger partial charge on any atom is -0.392 e. The first kappa shape index (κ1) is 13.7. The number of nitrogens with one attached hydrogen (secondary N) is 1. The number of benzene rings is 2. The number of anilines is 1. The molecule has 2 aromatic carbocycles. The van der Waals surface area contributed by atoms with E-state index in [4.69, 9.17) is 5.11 Å². The maximum atomic E-state index is 13.3. The number of carbonyl (C=O) groups excluding carboxylic acids is 1. The molecule has 0 atom stereocenters. The number of amides is 1. The van der Waals surface area contributed by atoms with Crippen molar-refractivity contribution in [2.75, 3.05) is 5.32 Å². The summed E-state index contributed by atoms with van der Waals surface area (Å²) in [7, 11) is 0. The van der Waals surface area contributed by atoms with E-state index >= 15 is 0 Å². The van der Waals surface area contributed by atoms with Gasteiger partial charge in [-0.05, 0) is 51.8 Å². The zero-order chi connectivity index (χ0) is 13.8. The summed E-state index contributed by atoms with van der Waals surface area (Å²) in [4.78, 5) is 11.9. The van der Waals surface area contributed by atoms with Gasteiger partial charge in [0, 0.05) is 11.3 Å². The zero-order valence-corrected chi connectivity index (χ0v) is 11.4. The van der Waals surface area contributed by atoms with E-state index in [2.05, 4.69) is 21.2 Å². The summed E-state index contributed by atoms with van der Waals surface area (Å²) in [5.74, 6) is -0.869. The van der Waals surface area contributed by atoms with Crippen molar-refractivity contribution in [3.05, 3.63) is 63.9 Å². The monoisotopic (exact) mass is 323 g/mol. The van der Waals surface area contributed by atoms with Crippen molar-refractivity contribution < 1.29 is 14.3 Å². The van der Waals surface area contributed by atoms with Gasteiger partial charge in [0.15, 0.2) is 0 Å². The van der Waals surface area contributed by atoms with Crippen LogP contribution in [-0.4, -0.2) is 11.0 Å². The predicted molar refractivity (Wildman–Crippen MR) is 74.4 cm³/mol. The number of aliphatic hydroxyl groups is 1. The Morgan fingerprint density at radius 1 is 1.21 bits per heavy atom. The second-order valence-corrected chi connectivity index (χ2v) is 4.79. The van der Waals surface area contributed by atoms with Crippen molar-refractivity contribution in [3.63, 3.8) is 0 Å². The number of hydrogen-bond donors (Lipinski definition) is 2. The summed E-state index contributed by atoms with van der Waals surface area (Å²) in [5, 5.41) is 11.6. The molecular formula is C14H11BrFNO2. The van der Waals surface area contributed by atoms with Gasteiger partial charge >= 0.3 is 0 Å². The minimum atomic E-state index is -0.483. The van der Waals surface area contributed by atoms with E-state index in [1.807, 2.05) is 0 Å². The highest BCUT2D eigenvalue weighted by atomic mass is 79.9. The predicted octanol–water partition coefficient (Wildman–Crippen LogP) is 3.33. The molecule has 0 spiro atoms. The lowest BCUT2D eigenvalue weighted by molar-refractivity contribution is 0.102. The molecule has 0 fully saturated rings. The third-order valence-electron chi connectivity index (χ3n) is 2.58. The van der Waals surface area contributed by atoms with Crippen LogP contribution in [-0.2, 0) is 6.61 Å². The molecule has 0 bridgehead atoms. The standard InChI is InChI=1S/C14H11BrFNO2/c15-12-6-3-10(7-13(12)16)14(19)17-11-4-1-9(8-18)2-5-11/h1-7,18H,8H2,(H,17,19). The van der Waals surface area contributed by atoms with Crippen LogP contribution in [0.15, 0.2) is 46.9 Å². The molecule has 0 saturated heterocycles. The van der Waals surface area contributed by atoms with Crippen LogP contribution in [0.1, 0.15) is 15.9 Å². The number of hydrogen-bond acceptors (Lipinski definition) is 2. The van der Waals surface area contributed by atoms with Gasteiger partial charge in [0.1, 0.15) is 5.82 Å². The summed E-state index contributed by atoms with van der Waals surface area (Å²) in [6, 6.07) is 11.0. The van der Waals surface area contributed by atoms with E-state index in [1.165, 1.54) is 18.2 Å². The van der Waals surface area contributed by atoms with Crippen LogP contribution in [0.3, 0.4) is 0 Å². The fourth-order valence-corrected chi connectivity index (χ4v) is 1.78. The normalized spacial score (nSPS) is 10.3. The van der Waals surface area contributed by atoms with E-state index in [-0.39, 0.29) is 18.1 Å². The molecule has 2 aromatic rings. The molecule has 1 amide bonds. The lowest BCUT2D eigenvalue weighted by Gasteiger charge is -2.06.